The molecule has 1 aromatic carbocycles. The molecule has 144 valence electrons. The van der Waals surface area contributed by atoms with E-state index in [4.69, 9.17) is 0 Å². The van der Waals surface area contributed by atoms with Crippen LogP contribution in [-0.2, 0) is 9.84 Å². The van der Waals surface area contributed by atoms with Gasteiger partial charge in [0.05, 0.1) is 4.92 Å². The Morgan fingerprint density at radius 2 is 1.78 bits per heavy atom. The number of nitrogens with zero attached hydrogens (tertiary/aromatic N) is 3. The first kappa shape index (κ1) is 19.2. The monoisotopic (exact) mass is 413 g/mol. The van der Waals surface area contributed by atoms with E-state index in [-0.39, 0.29) is 20.8 Å². The summed E-state index contributed by atoms with van der Waals surface area (Å²) >= 11 is 0.860. The smallest absolute Gasteiger partial charge is 0.305 e. The van der Waals surface area contributed by atoms with Gasteiger partial charge in [0.25, 0.3) is 5.91 Å². The van der Waals surface area contributed by atoms with Crippen molar-refractivity contribution in [3.05, 3.63) is 51.8 Å². The fourth-order valence-corrected chi connectivity index (χ4v) is 4.86. The highest BCUT2D eigenvalue weighted by Gasteiger charge is 2.30. The summed E-state index contributed by atoms with van der Waals surface area (Å²) in [5, 5.41) is 11.6. The summed E-state index contributed by atoms with van der Waals surface area (Å²) in [6, 6.07) is 6.32. The molecule has 27 heavy (non-hydrogen) atoms. The van der Waals surface area contributed by atoms with Crippen molar-refractivity contribution in [3.63, 3.8) is 0 Å². The first-order valence-electron chi connectivity index (χ1n) is 7.95. The standard InChI is InChI=1S/C16H16FN3O5S2/c1-27(24,25)14-10-13(20(22)23)16(26-14)19-8-6-18(7-9-19)15(21)11-2-4-12(17)5-3-11/h2-5,10H,6-9H2,1H3. The Morgan fingerprint density at radius 3 is 2.30 bits per heavy atom. The zero-order valence-electron chi connectivity index (χ0n) is 14.3. The molecule has 1 aliphatic rings. The Labute approximate surface area is 158 Å². The molecule has 0 unspecified atom stereocenters. The molecule has 0 spiro atoms. The van der Waals surface area contributed by atoms with E-state index in [1.54, 1.807) is 9.80 Å². The minimum atomic E-state index is -3.55. The van der Waals surface area contributed by atoms with Crippen molar-refractivity contribution < 1.29 is 22.5 Å². The van der Waals surface area contributed by atoms with Gasteiger partial charge in [0, 0.05) is 44.1 Å². The second-order valence-electron chi connectivity index (χ2n) is 6.07. The van der Waals surface area contributed by atoms with Crippen LogP contribution in [0.5, 0.6) is 0 Å². The van der Waals surface area contributed by atoms with Crippen molar-refractivity contribution in [2.24, 2.45) is 0 Å². The summed E-state index contributed by atoms with van der Waals surface area (Å²) in [4.78, 5) is 26.4. The minimum Gasteiger partial charge on any atom is -0.354 e. The van der Waals surface area contributed by atoms with Crippen LogP contribution in [-0.4, -0.2) is 56.6 Å². The van der Waals surface area contributed by atoms with Gasteiger partial charge in [-0.3, -0.25) is 14.9 Å². The number of amides is 1. The van der Waals surface area contributed by atoms with Crippen molar-refractivity contribution in [3.8, 4) is 0 Å². The van der Waals surface area contributed by atoms with E-state index in [2.05, 4.69) is 0 Å². The number of halogens is 1. The number of carbonyl (C=O) groups is 1. The van der Waals surface area contributed by atoms with Gasteiger partial charge in [-0.1, -0.05) is 11.3 Å². The predicted octanol–water partition coefficient (Wildman–Crippen LogP) is 2.16. The zero-order valence-corrected chi connectivity index (χ0v) is 15.9. The molecule has 1 saturated heterocycles. The molecule has 1 aliphatic heterocycles. The van der Waals surface area contributed by atoms with Crippen molar-refractivity contribution >= 4 is 37.8 Å². The number of sulfone groups is 1. The third kappa shape index (κ3) is 4.08. The lowest BCUT2D eigenvalue weighted by Crippen LogP contribution is -2.48. The Morgan fingerprint density at radius 1 is 1.19 bits per heavy atom. The SMILES string of the molecule is CS(=O)(=O)c1cc([N+](=O)[O-])c(N2CCN(C(=O)c3ccc(F)cc3)CC2)s1. The molecule has 2 aromatic rings. The van der Waals surface area contributed by atoms with E-state index in [1.807, 2.05) is 0 Å². The van der Waals surface area contributed by atoms with Crippen LogP contribution in [0, 0.1) is 15.9 Å². The maximum atomic E-state index is 13.0. The fourth-order valence-electron chi connectivity index (χ4n) is 2.78. The Hall–Kier alpha value is -2.53. The molecule has 0 N–H and O–H groups in total. The van der Waals surface area contributed by atoms with E-state index < -0.39 is 20.6 Å². The first-order chi connectivity index (χ1) is 12.7. The average Bonchev–Trinajstić information content (AvgIpc) is 3.08. The van der Waals surface area contributed by atoms with E-state index in [9.17, 15) is 27.7 Å². The average molecular weight is 413 g/mol. The number of carbonyl (C=O) groups excluding carboxylic acids is 1. The van der Waals surface area contributed by atoms with Crippen LogP contribution in [0.1, 0.15) is 10.4 Å². The second-order valence-corrected chi connectivity index (χ2v) is 9.34. The molecule has 1 fully saturated rings. The zero-order chi connectivity index (χ0) is 19.8. The maximum Gasteiger partial charge on any atom is 0.305 e. The summed E-state index contributed by atoms with van der Waals surface area (Å²) in [6.45, 7) is 1.30. The van der Waals surface area contributed by atoms with Crippen molar-refractivity contribution in [1.82, 2.24) is 4.90 Å². The third-order valence-corrected chi connectivity index (χ3v) is 7.17. The summed E-state index contributed by atoms with van der Waals surface area (Å²) < 4.78 is 36.4. The molecule has 0 saturated carbocycles. The maximum absolute atomic E-state index is 13.0. The van der Waals surface area contributed by atoms with Crippen LogP contribution in [0.15, 0.2) is 34.5 Å². The molecule has 11 heteroatoms. The Kier molecular flexibility index (Phi) is 5.16. The fraction of sp³-hybridized carbons (Fsp3) is 0.312. The van der Waals surface area contributed by atoms with Crippen LogP contribution < -0.4 is 4.90 Å². The van der Waals surface area contributed by atoms with Gasteiger partial charge in [0.15, 0.2) is 14.8 Å². The Bertz CT molecular complexity index is 980. The number of piperazine rings is 1. The minimum absolute atomic E-state index is 0.0611. The molecule has 2 heterocycles. The summed E-state index contributed by atoms with van der Waals surface area (Å²) in [7, 11) is -3.55. The predicted molar refractivity (Wildman–Crippen MR) is 98.6 cm³/mol. The Balaban J connectivity index is 1.76. The van der Waals surface area contributed by atoms with Gasteiger partial charge in [-0.15, -0.1) is 0 Å². The molecule has 0 bridgehead atoms. The van der Waals surface area contributed by atoms with Gasteiger partial charge >= 0.3 is 5.69 Å². The molecule has 3 rings (SSSR count). The topological polar surface area (TPSA) is 101 Å². The van der Waals surface area contributed by atoms with Crippen LogP contribution in [0.25, 0.3) is 0 Å². The number of hydrogen-bond acceptors (Lipinski definition) is 7. The number of nitro groups is 1. The molecule has 0 radical (unpaired) electrons. The lowest BCUT2D eigenvalue weighted by atomic mass is 10.2. The first-order valence-corrected chi connectivity index (χ1v) is 10.7. The van der Waals surface area contributed by atoms with Crippen LogP contribution in [0.2, 0.25) is 0 Å². The number of benzene rings is 1. The molecule has 8 nitrogen and oxygen atoms in total. The van der Waals surface area contributed by atoms with Crippen molar-refractivity contribution in [1.29, 1.82) is 0 Å². The molecular formula is C16H16FN3O5S2. The van der Waals surface area contributed by atoms with Crippen LogP contribution in [0.3, 0.4) is 0 Å². The molecule has 0 atom stereocenters. The molecule has 1 aromatic heterocycles. The number of rotatable bonds is 4. The summed E-state index contributed by atoms with van der Waals surface area (Å²) in [6.07, 6.45) is 1.01. The largest absolute Gasteiger partial charge is 0.354 e. The highest BCUT2D eigenvalue weighted by Crippen LogP contribution is 2.40. The van der Waals surface area contributed by atoms with E-state index >= 15 is 0 Å². The van der Waals surface area contributed by atoms with Gasteiger partial charge in [0.1, 0.15) is 10.0 Å². The number of anilines is 1. The van der Waals surface area contributed by atoms with Crippen LogP contribution in [0.4, 0.5) is 15.1 Å². The highest BCUT2D eigenvalue weighted by molar-refractivity contribution is 7.92. The number of thiophene rings is 1. The molecular weight excluding hydrogens is 397 g/mol. The van der Waals surface area contributed by atoms with E-state index in [0.717, 1.165) is 23.7 Å². The van der Waals surface area contributed by atoms with E-state index in [0.29, 0.717) is 31.7 Å². The number of hydrogen-bond donors (Lipinski definition) is 0. The molecule has 1 amide bonds. The third-order valence-electron chi connectivity index (χ3n) is 4.18. The van der Waals surface area contributed by atoms with Gasteiger partial charge in [-0.2, -0.15) is 0 Å². The van der Waals surface area contributed by atoms with Gasteiger partial charge in [-0.25, -0.2) is 12.8 Å². The van der Waals surface area contributed by atoms with Gasteiger partial charge in [0.2, 0.25) is 0 Å². The van der Waals surface area contributed by atoms with Crippen molar-refractivity contribution in [2.75, 3.05) is 37.3 Å². The highest BCUT2D eigenvalue weighted by atomic mass is 32.2. The van der Waals surface area contributed by atoms with Gasteiger partial charge in [-0.05, 0) is 24.3 Å². The second kappa shape index (κ2) is 7.24. The molecule has 0 aliphatic carbocycles. The normalized spacial score (nSPS) is 15.0. The lowest BCUT2D eigenvalue weighted by molar-refractivity contribution is -0.383. The summed E-state index contributed by atoms with van der Waals surface area (Å²) in [5.41, 5.74) is 0.116. The quantitative estimate of drug-likeness (QED) is 0.562. The summed E-state index contributed by atoms with van der Waals surface area (Å²) in [5.74, 6) is -0.671. The van der Waals surface area contributed by atoms with Crippen LogP contribution >= 0.6 is 11.3 Å². The van der Waals surface area contributed by atoms with Crippen molar-refractivity contribution in [2.45, 2.75) is 4.21 Å². The van der Waals surface area contributed by atoms with Gasteiger partial charge < -0.3 is 9.80 Å². The lowest BCUT2D eigenvalue weighted by Gasteiger charge is -2.35. The van der Waals surface area contributed by atoms with E-state index in [1.165, 1.54) is 24.3 Å².